The van der Waals surface area contributed by atoms with Crippen LogP contribution in [0.5, 0.6) is 0 Å². The fourth-order valence-corrected chi connectivity index (χ4v) is 1.97. The van der Waals surface area contributed by atoms with Gasteiger partial charge in [-0.25, -0.2) is 4.39 Å². The summed E-state index contributed by atoms with van der Waals surface area (Å²) >= 11 is 0. The molecule has 1 N–H and O–H groups in total. The molecule has 2 aromatic rings. The van der Waals surface area contributed by atoms with Gasteiger partial charge in [0.05, 0.1) is 11.8 Å². The molecule has 1 aromatic carbocycles. The van der Waals surface area contributed by atoms with Crippen LogP contribution in [0.1, 0.15) is 34.5 Å². The maximum Gasteiger partial charge on any atom is 0.254 e. The molecule has 1 amide bonds. The van der Waals surface area contributed by atoms with Crippen LogP contribution in [0.2, 0.25) is 0 Å². The van der Waals surface area contributed by atoms with Crippen molar-refractivity contribution in [3.8, 4) is 0 Å². The quantitative estimate of drug-likeness (QED) is 0.931. The highest BCUT2D eigenvalue weighted by molar-refractivity contribution is 5.95. The van der Waals surface area contributed by atoms with Crippen molar-refractivity contribution < 1.29 is 9.18 Å². The van der Waals surface area contributed by atoms with Crippen LogP contribution in [-0.4, -0.2) is 22.2 Å². The van der Waals surface area contributed by atoms with E-state index in [1.54, 1.807) is 30.1 Å². The highest BCUT2D eigenvalue weighted by atomic mass is 19.1. The van der Waals surface area contributed by atoms with E-state index < -0.39 is 0 Å². The molecule has 1 aromatic heterocycles. The van der Waals surface area contributed by atoms with Crippen molar-refractivity contribution >= 4 is 5.91 Å². The SMILES string of the molecule is Cc1c(C(=O)NCC(C)c2ccc(F)cc2)cnn1C. The maximum absolute atomic E-state index is 12.9. The number of aromatic nitrogens is 2. The molecule has 0 aliphatic heterocycles. The van der Waals surface area contributed by atoms with E-state index in [-0.39, 0.29) is 17.6 Å². The Balaban J connectivity index is 1.96. The first kappa shape index (κ1) is 14.2. The number of rotatable bonds is 4. The van der Waals surface area contributed by atoms with Crippen LogP contribution >= 0.6 is 0 Å². The van der Waals surface area contributed by atoms with E-state index in [4.69, 9.17) is 0 Å². The first-order valence-electron chi connectivity index (χ1n) is 6.51. The normalized spacial score (nSPS) is 12.2. The van der Waals surface area contributed by atoms with Gasteiger partial charge in [0, 0.05) is 19.3 Å². The molecule has 0 saturated heterocycles. The number of benzene rings is 1. The fourth-order valence-electron chi connectivity index (χ4n) is 1.97. The largest absolute Gasteiger partial charge is 0.351 e. The molecule has 0 spiro atoms. The Bertz CT molecular complexity index is 604. The summed E-state index contributed by atoms with van der Waals surface area (Å²) in [5.74, 6) is -0.267. The number of hydrogen-bond acceptors (Lipinski definition) is 2. The van der Waals surface area contributed by atoms with Crippen LogP contribution in [0.25, 0.3) is 0 Å². The van der Waals surface area contributed by atoms with E-state index in [2.05, 4.69) is 10.4 Å². The average Bonchev–Trinajstić information content (AvgIpc) is 2.77. The molecule has 5 heteroatoms. The number of aryl methyl sites for hydroxylation is 1. The highest BCUT2D eigenvalue weighted by Crippen LogP contribution is 2.15. The minimum absolute atomic E-state index is 0.122. The van der Waals surface area contributed by atoms with E-state index in [9.17, 15) is 9.18 Å². The molecule has 0 aliphatic carbocycles. The standard InChI is InChI=1S/C15H18FN3O/c1-10(12-4-6-13(16)7-5-12)8-17-15(20)14-9-18-19(3)11(14)2/h4-7,9-10H,8H2,1-3H3,(H,17,20). The Morgan fingerprint density at radius 2 is 2.05 bits per heavy atom. The Morgan fingerprint density at radius 1 is 1.40 bits per heavy atom. The second-order valence-corrected chi connectivity index (χ2v) is 4.93. The third kappa shape index (κ3) is 3.04. The summed E-state index contributed by atoms with van der Waals surface area (Å²) in [6.07, 6.45) is 1.56. The maximum atomic E-state index is 12.9. The van der Waals surface area contributed by atoms with Gasteiger partial charge in [0.2, 0.25) is 0 Å². The molecule has 1 heterocycles. The summed E-state index contributed by atoms with van der Waals surface area (Å²) in [7, 11) is 1.80. The van der Waals surface area contributed by atoms with Gasteiger partial charge in [-0.3, -0.25) is 9.48 Å². The number of halogens is 1. The smallest absolute Gasteiger partial charge is 0.254 e. The van der Waals surface area contributed by atoms with Crippen LogP contribution in [0.3, 0.4) is 0 Å². The first-order chi connectivity index (χ1) is 9.49. The first-order valence-corrected chi connectivity index (χ1v) is 6.51. The molecule has 20 heavy (non-hydrogen) atoms. The Hall–Kier alpha value is -2.17. The Kier molecular flexibility index (Phi) is 4.17. The minimum atomic E-state index is -0.254. The summed E-state index contributed by atoms with van der Waals surface area (Å²) in [5, 5.41) is 6.93. The molecule has 4 nitrogen and oxygen atoms in total. The zero-order valence-corrected chi connectivity index (χ0v) is 11.9. The van der Waals surface area contributed by atoms with E-state index in [1.165, 1.54) is 12.1 Å². The molecule has 0 saturated carbocycles. The van der Waals surface area contributed by atoms with Gasteiger partial charge in [0.15, 0.2) is 0 Å². The predicted octanol–water partition coefficient (Wildman–Crippen LogP) is 2.40. The number of nitrogens with zero attached hydrogens (tertiary/aromatic N) is 2. The lowest BCUT2D eigenvalue weighted by atomic mass is 10.0. The molecule has 0 fully saturated rings. The third-order valence-corrected chi connectivity index (χ3v) is 3.49. The molecule has 0 bridgehead atoms. The van der Waals surface area contributed by atoms with Crippen molar-refractivity contribution in [2.75, 3.05) is 6.54 Å². The van der Waals surface area contributed by atoms with E-state index in [1.807, 2.05) is 13.8 Å². The van der Waals surface area contributed by atoms with Crippen LogP contribution in [0.15, 0.2) is 30.5 Å². The van der Waals surface area contributed by atoms with E-state index in [0.717, 1.165) is 11.3 Å². The molecule has 1 atom stereocenters. The fraction of sp³-hybridized carbons (Fsp3) is 0.333. The van der Waals surface area contributed by atoms with Crippen molar-refractivity contribution in [3.05, 3.63) is 53.1 Å². The van der Waals surface area contributed by atoms with Gasteiger partial charge >= 0.3 is 0 Å². The number of carbonyl (C=O) groups is 1. The van der Waals surface area contributed by atoms with Crippen LogP contribution in [-0.2, 0) is 7.05 Å². The molecule has 2 rings (SSSR count). The molecular weight excluding hydrogens is 257 g/mol. The minimum Gasteiger partial charge on any atom is -0.351 e. The lowest BCUT2D eigenvalue weighted by molar-refractivity contribution is 0.0951. The number of nitrogens with one attached hydrogen (secondary N) is 1. The van der Waals surface area contributed by atoms with Crippen molar-refractivity contribution in [2.45, 2.75) is 19.8 Å². The highest BCUT2D eigenvalue weighted by Gasteiger charge is 2.14. The molecule has 1 unspecified atom stereocenters. The second-order valence-electron chi connectivity index (χ2n) is 4.93. The third-order valence-electron chi connectivity index (χ3n) is 3.49. The summed E-state index contributed by atoms with van der Waals surface area (Å²) < 4.78 is 14.5. The van der Waals surface area contributed by atoms with Crippen molar-refractivity contribution in [1.82, 2.24) is 15.1 Å². The van der Waals surface area contributed by atoms with Gasteiger partial charge in [0.25, 0.3) is 5.91 Å². The topological polar surface area (TPSA) is 46.9 Å². The number of carbonyl (C=O) groups excluding carboxylic acids is 1. The lowest BCUT2D eigenvalue weighted by Gasteiger charge is -2.13. The predicted molar refractivity (Wildman–Crippen MR) is 75.1 cm³/mol. The van der Waals surface area contributed by atoms with E-state index in [0.29, 0.717) is 12.1 Å². The van der Waals surface area contributed by atoms with Gasteiger partial charge in [-0.15, -0.1) is 0 Å². The monoisotopic (exact) mass is 275 g/mol. The zero-order chi connectivity index (χ0) is 14.7. The van der Waals surface area contributed by atoms with Gasteiger partial charge in [0.1, 0.15) is 5.82 Å². The molecule has 0 aliphatic rings. The Labute approximate surface area is 117 Å². The summed E-state index contributed by atoms with van der Waals surface area (Å²) in [6, 6.07) is 6.33. The van der Waals surface area contributed by atoms with E-state index >= 15 is 0 Å². The second kappa shape index (κ2) is 5.86. The lowest BCUT2D eigenvalue weighted by Crippen LogP contribution is -2.27. The van der Waals surface area contributed by atoms with Gasteiger partial charge in [-0.1, -0.05) is 19.1 Å². The van der Waals surface area contributed by atoms with Crippen LogP contribution in [0, 0.1) is 12.7 Å². The summed E-state index contributed by atoms with van der Waals surface area (Å²) in [5.41, 5.74) is 2.41. The molecular formula is C15H18FN3O. The molecule has 0 radical (unpaired) electrons. The summed E-state index contributed by atoms with van der Waals surface area (Å²) in [6.45, 7) is 4.34. The molecule has 106 valence electrons. The van der Waals surface area contributed by atoms with Gasteiger partial charge in [-0.05, 0) is 30.5 Å². The number of hydrogen-bond donors (Lipinski definition) is 1. The van der Waals surface area contributed by atoms with Crippen LogP contribution < -0.4 is 5.32 Å². The van der Waals surface area contributed by atoms with Crippen LogP contribution in [0.4, 0.5) is 4.39 Å². The van der Waals surface area contributed by atoms with Crippen molar-refractivity contribution in [2.24, 2.45) is 7.05 Å². The zero-order valence-electron chi connectivity index (χ0n) is 11.9. The number of amides is 1. The van der Waals surface area contributed by atoms with Crippen molar-refractivity contribution in [1.29, 1.82) is 0 Å². The summed E-state index contributed by atoms with van der Waals surface area (Å²) in [4.78, 5) is 12.0. The van der Waals surface area contributed by atoms with Crippen molar-refractivity contribution in [3.63, 3.8) is 0 Å². The van der Waals surface area contributed by atoms with Gasteiger partial charge in [-0.2, -0.15) is 5.10 Å². The Morgan fingerprint density at radius 3 is 2.60 bits per heavy atom. The van der Waals surface area contributed by atoms with Gasteiger partial charge < -0.3 is 5.32 Å². The average molecular weight is 275 g/mol.